The molecule has 1 aliphatic carbocycles. The first-order chi connectivity index (χ1) is 7.49. The van der Waals surface area contributed by atoms with Gasteiger partial charge in [-0.2, -0.15) is 4.80 Å². The maximum absolute atomic E-state index is 10.6. The number of aliphatic hydroxyl groups is 1. The second kappa shape index (κ2) is 4.13. The van der Waals surface area contributed by atoms with Gasteiger partial charge in [0, 0.05) is 6.42 Å². The minimum absolute atomic E-state index is 0.306. The largest absolute Gasteiger partial charge is 0.389 e. The van der Waals surface area contributed by atoms with E-state index >= 15 is 0 Å². The Hall–Kier alpha value is -0.970. The van der Waals surface area contributed by atoms with E-state index in [2.05, 4.69) is 29.3 Å². The van der Waals surface area contributed by atoms with Crippen LogP contribution in [-0.2, 0) is 13.5 Å². The second-order valence-electron chi connectivity index (χ2n) is 5.26. The molecule has 1 fully saturated rings. The summed E-state index contributed by atoms with van der Waals surface area (Å²) in [4.78, 5) is 1.44. The van der Waals surface area contributed by atoms with E-state index in [0.29, 0.717) is 24.1 Å². The van der Waals surface area contributed by atoms with Gasteiger partial charge in [-0.05, 0) is 36.3 Å². The van der Waals surface area contributed by atoms with Crippen molar-refractivity contribution < 1.29 is 5.11 Å². The average Bonchev–Trinajstić information content (AvgIpc) is 2.59. The summed E-state index contributed by atoms with van der Waals surface area (Å²) in [6.45, 7) is 4.36. The van der Waals surface area contributed by atoms with Crippen LogP contribution in [0.1, 0.15) is 38.9 Å². The van der Waals surface area contributed by atoms with Crippen LogP contribution in [-0.4, -0.2) is 30.9 Å². The Morgan fingerprint density at radius 1 is 1.50 bits per heavy atom. The molecule has 5 nitrogen and oxygen atoms in total. The minimum Gasteiger partial charge on any atom is -0.389 e. The molecule has 1 N–H and O–H groups in total. The molecule has 5 heteroatoms. The van der Waals surface area contributed by atoms with E-state index in [9.17, 15) is 5.11 Å². The number of aryl methyl sites for hydroxylation is 1. The quantitative estimate of drug-likeness (QED) is 0.812. The third-order valence-corrected chi connectivity index (χ3v) is 3.76. The number of aromatic nitrogens is 4. The molecule has 3 atom stereocenters. The van der Waals surface area contributed by atoms with Crippen molar-refractivity contribution in [3.8, 4) is 0 Å². The minimum atomic E-state index is -0.643. The first-order valence-electron chi connectivity index (χ1n) is 5.95. The number of hydrogen-bond donors (Lipinski definition) is 1. The van der Waals surface area contributed by atoms with Crippen LogP contribution in [0.15, 0.2) is 0 Å². The lowest BCUT2D eigenvalue weighted by atomic mass is 9.71. The van der Waals surface area contributed by atoms with Gasteiger partial charge in [0.15, 0.2) is 5.82 Å². The van der Waals surface area contributed by atoms with Crippen molar-refractivity contribution in [2.45, 2.75) is 45.1 Å². The van der Waals surface area contributed by atoms with Gasteiger partial charge < -0.3 is 5.11 Å². The fourth-order valence-corrected chi connectivity index (χ4v) is 2.61. The topological polar surface area (TPSA) is 63.8 Å². The van der Waals surface area contributed by atoms with Gasteiger partial charge in [-0.1, -0.05) is 13.8 Å². The van der Waals surface area contributed by atoms with E-state index in [-0.39, 0.29) is 0 Å². The molecule has 1 aromatic heterocycles. The highest BCUT2D eigenvalue weighted by Crippen LogP contribution is 2.38. The van der Waals surface area contributed by atoms with Gasteiger partial charge >= 0.3 is 0 Å². The average molecular weight is 224 g/mol. The molecule has 0 aliphatic heterocycles. The molecule has 1 heterocycles. The zero-order valence-corrected chi connectivity index (χ0v) is 10.2. The lowest BCUT2D eigenvalue weighted by Crippen LogP contribution is -2.43. The lowest BCUT2D eigenvalue weighted by Gasteiger charge is -2.40. The molecule has 0 aromatic carbocycles. The fourth-order valence-electron chi connectivity index (χ4n) is 2.61. The van der Waals surface area contributed by atoms with Crippen molar-refractivity contribution in [1.82, 2.24) is 20.2 Å². The van der Waals surface area contributed by atoms with Crippen molar-refractivity contribution in [3.05, 3.63) is 5.82 Å². The Morgan fingerprint density at radius 2 is 2.25 bits per heavy atom. The highest BCUT2D eigenvalue weighted by atomic mass is 16.3. The second-order valence-corrected chi connectivity index (χ2v) is 5.26. The third kappa shape index (κ3) is 2.24. The SMILES string of the molecule is CC1CCC(O)(Cc2nnn(C)n2)C(C)C1. The fraction of sp³-hybridized carbons (Fsp3) is 0.909. The van der Waals surface area contributed by atoms with E-state index < -0.39 is 5.60 Å². The van der Waals surface area contributed by atoms with Crippen LogP contribution in [0, 0.1) is 11.8 Å². The summed E-state index contributed by atoms with van der Waals surface area (Å²) in [5.41, 5.74) is -0.643. The van der Waals surface area contributed by atoms with Crippen LogP contribution in [0.2, 0.25) is 0 Å². The molecule has 90 valence electrons. The molecule has 0 amide bonds. The zero-order valence-electron chi connectivity index (χ0n) is 10.2. The maximum Gasteiger partial charge on any atom is 0.177 e. The Labute approximate surface area is 95.9 Å². The Balaban J connectivity index is 2.07. The number of nitrogens with zero attached hydrogens (tertiary/aromatic N) is 4. The molecule has 0 radical (unpaired) electrons. The highest BCUT2D eigenvalue weighted by molar-refractivity contribution is 4.97. The summed E-state index contributed by atoms with van der Waals surface area (Å²) in [5, 5.41) is 22.5. The molecular formula is C11H20N4O. The number of tetrazole rings is 1. The van der Waals surface area contributed by atoms with Crippen molar-refractivity contribution in [2.75, 3.05) is 0 Å². The van der Waals surface area contributed by atoms with Crippen LogP contribution in [0.25, 0.3) is 0 Å². The van der Waals surface area contributed by atoms with Gasteiger partial charge in [-0.3, -0.25) is 0 Å². The Bertz CT molecular complexity index is 365. The molecule has 0 bridgehead atoms. The zero-order chi connectivity index (χ0) is 11.8. The maximum atomic E-state index is 10.6. The Morgan fingerprint density at radius 3 is 2.81 bits per heavy atom. The summed E-state index contributed by atoms with van der Waals surface area (Å²) in [6.07, 6.45) is 3.53. The first kappa shape index (κ1) is 11.5. The molecule has 1 aliphatic rings. The standard InChI is InChI=1S/C11H20N4O/c1-8-4-5-11(16,9(2)6-8)7-10-12-14-15(3)13-10/h8-9,16H,4-7H2,1-3H3. The van der Waals surface area contributed by atoms with E-state index in [0.717, 1.165) is 19.3 Å². The van der Waals surface area contributed by atoms with Gasteiger partial charge in [-0.25, -0.2) is 0 Å². The van der Waals surface area contributed by atoms with Crippen molar-refractivity contribution in [2.24, 2.45) is 18.9 Å². The van der Waals surface area contributed by atoms with E-state index in [1.165, 1.54) is 4.80 Å². The van der Waals surface area contributed by atoms with Gasteiger partial charge in [0.2, 0.25) is 0 Å². The summed E-state index contributed by atoms with van der Waals surface area (Å²) in [5.74, 6) is 1.66. The van der Waals surface area contributed by atoms with Gasteiger partial charge in [0.1, 0.15) is 0 Å². The van der Waals surface area contributed by atoms with E-state index in [4.69, 9.17) is 0 Å². The molecule has 16 heavy (non-hydrogen) atoms. The smallest absolute Gasteiger partial charge is 0.177 e. The van der Waals surface area contributed by atoms with Crippen LogP contribution < -0.4 is 0 Å². The third-order valence-electron chi connectivity index (χ3n) is 3.76. The monoisotopic (exact) mass is 224 g/mol. The molecule has 2 rings (SSSR count). The number of hydrogen-bond acceptors (Lipinski definition) is 4. The molecular weight excluding hydrogens is 204 g/mol. The van der Waals surface area contributed by atoms with Crippen LogP contribution >= 0.6 is 0 Å². The predicted octanol–water partition coefficient (Wildman–Crippen LogP) is 0.940. The summed E-state index contributed by atoms with van der Waals surface area (Å²) in [6, 6.07) is 0. The Kier molecular flexibility index (Phi) is 2.97. The molecule has 1 aromatic rings. The lowest BCUT2D eigenvalue weighted by molar-refractivity contribution is -0.0536. The molecule has 3 unspecified atom stereocenters. The normalized spacial score (nSPS) is 35.2. The van der Waals surface area contributed by atoms with Crippen LogP contribution in [0.3, 0.4) is 0 Å². The van der Waals surface area contributed by atoms with E-state index in [1.807, 2.05) is 0 Å². The van der Waals surface area contributed by atoms with Crippen molar-refractivity contribution in [3.63, 3.8) is 0 Å². The summed E-state index contributed by atoms with van der Waals surface area (Å²) in [7, 11) is 1.74. The molecule has 0 saturated heterocycles. The van der Waals surface area contributed by atoms with Gasteiger partial charge in [0.25, 0.3) is 0 Å². The van der Waals surface area contributed by atoms with E-state index in [1.54, 1.807) is 7.05 Å². The first-order valence-corrected chi connectivity index (χ1v) is 5.95. The summed E-state index contributed by atoms with van der Waals surface area (Å²) < 4.78 is 0. The highest BCUT2D eigenvalue weighted by Gasteiger charge is 2.39. The van der Waals surface area contributed by atoms with Gasteiger partial charge in [0.05, 0.1) is 12.6 Å². The van der Waals surface area contributed by atoms with Crippen molar-refractivity contribution in [1.29, 1.82) is 0 Å². The molecule has 1 saturated carbocycles. The predicted molar refractivity (Wildman–Crippen MR) is 59.6 cm³/mol. The summed E-state index contributed by atoms with van der Waals surface area (Å²) >= 11 is 0. The van der Waals surface area contributed by atoms with Crippen LogP contribution in [0.4, 0.5) is 0 Å². The number of rotatable bonds is 2. The molecule has 0 spiro atoms. The van der Waals surface area contributed by atoms with Crippen molar-refractivity contribution >= 4 is 0 Å². The van der Waals surface area contributed by atoms with Crippen LogP contribution in [0.5, 0.6) is 0 Å². The van der Waals surface area contributed by atoms with Gasteiger partial charge in [-0.15, -0.1) is 10.2 Å².